The average molecular weight is 480 g/mol. The smallest absolute Gasteiger partial charge is 0.549 e. The third-order valence-electron chi connectivity index (χ3n) is 5.84. The normalized spacial score (nSPS) is 13.5. The van der Waals surface area contributed by atoms with Crippen molar-refractivity contribution in [3.8, 4) is 11.5 Å². The maximum Gasteiger partial charge on any atom is 0.573 e. The van der Waals surface area contributed by atoms with E-state index < -0.39 is 35.7 Å². The Morgan fingerprint density at radius 1 is 1.15 bits per heavy atom. The Hall–Kier alpha value is -3.56. The lowest BCUT2D eigenvalue weighted by atomic mass is 9.84. The van der Waals surface area contributed by atoms with Gasteiger partial charge in [-0.05, 0) is 48.7 Å². The lowest BCUT2D eigenvalue weighted by Crippen LogP contribution is -2.33. The van der Waals surface area contributed by atoms with E-state index in [9.17, 15) is 32.3 Å². The van der Waals surface area contributed by atoms with Crippen molar-refractivity contribution in [1.29, 1.82) is 0 Å². The first-order valence-corrected chi connectivity index (χ1v) is 10.4. The Morgan fingerprint density at radius 2 is 1.76 bits per heavy atom. The predicted octanol–water partition coefficient (Wildman–Crippen LogP) is 4.56. The van der Waals surface area contributed by atoms with Gasteiger partial charge in [0.15, 0.2) is 11.6 Å². The molecule has 182 valence electrons. The molecule has 3 rings (SSSR count). The molecule has 0 fully saturated rings. The fourth-order valence-electron chi connectivity index (χ4n) is 4.05. The van der Waals surface area contributed by atoms with Crippen LogP contribution in [0, 0.1) is 18.7 Å². The van der Waals surface area contributed by atoms with Crippen LogP contribution in [0.3, 0.4) is 0 Å². The van der Waals surface area contributed by atoms with Crippen LogP contribution in [-0.2, 0) is 4.79 Å². The number of nitrogens with zero attached hydrogens (tertiary/aromatic N) is 1. The molecule has 0 aliphatic heterocycles. The summed E-state index contributed by atoms with van der Waals surface area (Å²) in [6.07, 6.45) is -4.39. The first-order valence-electron chi connectivity index (χ1n) is 10.4. The molecule has 2 atom stereocenters. The molecule has 6 nitrogen and oxygen atoms in total. The van der Waals surface area contributed by atoms with Gasteiger partial charge in [0.25, 0.3) is 5.91 Å². The molecule has 0 N–H and O–H groups in total. The molecule has 0 saturated heterocycles. The highest BCUT2D eigenvalue weighted by molar-refractivity contribution is 6.05. The van der Waals surface area contributed by atoms with Gasteiger partial charge in [0.1, 0.15) is 5.75 Å². The van der Waals surface area contributed by atoms with E-state index in [1.807, 2.05) is 6.92 Å². The summed E-state index contributed by atoms with van der Waals surface area (Å²) in [5, 5.41) is 12.4. The summed E-state index contributed by atoms with van der Waals surface area (Å²) < 4.78 is 61.9. The summed E-state index contributed by atoms with van der Waals surface area (Å²) in [5.74, 6) is -4.90. The number of fused-ring (bicyclic) bond motifs is 1. The Kier molecular flexibility index (Phi) is 6.90. The number of aliphatic carboxylic acids is 1. The number of hydrogen-bond donors (Lipinski definition) is 0. The number of carbonyl (C=O) groups excluding carboxylic acids is 2. The lowest BCUT2D eigenvalue weighted by molar-refractivity contribution is -0.309. The summed E-state index contributed by atoms with van der Waals surface area (Å²) in [4.78, 5) is 25.5. The quantitative estimate of drug-likeness (QED) is 0.463. The van der Waals surface area contributed by atoms with E-state index in [1.165, 1.54) is 20.1 Å². The van der Waals surface area contributed by atoms with Crippen LogP contribution >= 0.6 is 0 Å². The number of carboxylic acids is 1. The zero-order valence-electron chi connectivity index (χ0n) is 18.8. The fourth-order valence-corrected chi connectivity index (χ4v) is 4.05. The van der Waals surface area contributed by atoms with Crippen LogP contribution in [0.1, 0.15) is 47.8 Å². The molecule has 0 aliphatic rings. The van der Waals surface area contributed by atoms with Gasteiger partial charge in [-0.3, -0.25) is 9.36 Å². The van der Waals surface area contributed by atoms with E-state index in [4.69, 9.17) is 4.74 Å². The molecule has 0 bridgehead atoms. The SMILES string of the molecule is CCC(C)[C@@H](C(=O)[O-])c1c(C)n(C(=O)c2ccc(OC(F)(F)F)cc2)c2cc(F)c(OC)cc12. The van der Waals surface area contributed by atoms with Crippen molar-refractivity contribution in [3.63, 3.8) is 0 Å². The summed E-state index contributed by atoms with van der Waals surface area (Å²) in [6, 6.07) is 6.63. The molecule has 2 aromatic carbocycles. The summed E-state index contributed by atoms with van der Waals surface area (Å²) >= 11 is 0. The highest BCUT2D eigenvalue weighted by Gasteiger charge is 2.32. The Morgan fingerprint density at radius 3 is 2.26 bits per heavy atom. The molecule has 0 saturated carbocycles. The van der Waals surface area contributed by atoms with Crippen LogP contribution in [0.15, 0.2) is 36.4 Å². The van der Waals surface area contributed by atoms with E-state index in [2.05, 4.69) is 4.74 Å². The molecule has 0 spiro atoms. The van der Waals surface area contributed by atoms with E-state index in [0.29, 0.717) is 11.8 Å². The lowest BCUT2D eigenvalue weighted by Gasteiger charge is -2.25. The second-order valence-corrected chi connectivity index (χ2v) is 7.90. The minimum atomic E-state index is -4.89. The summed E-state index contributed by atoms with van der Waals surface area (Å²) in [6.45, 7) is 5.06. The van der Waals surface area contributed by atoms with Gasteiger partial charge in [-0.15, -0.1) is 13.2 Å². The van der Waals surface area contributed by atoms with Crippen LogP contribution in [0.25, 0.3) is 10.9 Å². The number of carboxylic acid groups (broad SMARTS) is 1. The molecule has 1 aromatic heterocycles. The number of ether oxygens (including phenoxy) is 2. The molecular weight excluding hydrogens is 458 g/mol. The predicted molar refractivity (Wildman–Crippen MR) is 113 cm³/mol. The monoisotopic (exact) mass is 480 g/mol. The van der Waals surface area contributed by atoms with Gasteiger partial charge in [-0.25, -0.2) is 4.39 Å². The number of halogens is 4. The van der Waals surface area contributed by atoms with Crippen LogP contribution < -0.4 is 14.6 Å². The van der Waals surface area contributed by atoms with E-state index >= 15 is 0 Å². The molecule has 10 heteroatoms. The number of aromatic nitrogens is 1. The minimum Gasteiger partial charge on any atom is -0.549 e. The highest BCUT2D eigenvalue weighted by atomic mass is 19.4. The number of benzene rings is 2. The standard InChI is InChI=1S/C24H23F4NO5/c1-5-12(2)20(23(31)32)21-13(3)29(18-11-17(25)19(33-4)10-16(18)21)22(30)14-6-8-15(9-7-14)34-24(26,27)28/h6-12,20H,5H2,1-4H3,(H,31,32)/p-1/t12?,20-/m1/s1. The van der Waals surface area contributed by atoms with Gasteiger partial charge in [0.05, 0.1) is 12.6 Å². The van der Waals surface area contributed by atoms with Crippen LogP contribution in [0.5, 0.6) is 11.5 Å². The molecule has 34 heavy (non-hydrogen) atoms. The third-order valence-corrected chi connectivity index (χ3v) is 5.84. The van der Waals surface area contributed by atoms with E-state index in [0.717, 1.165) is 34.9 Å². The number of hydrogen-bond acceptors (Lipinski definition) is 5. The second kappa shape index (κ2) is 9.36. The average Bonchev–Trinajstić information content (AvgIpc) is 3.02. The van der Waals surface area contributed by atoms with Gasteiger partial charge in [-0.1, -0.05) is 20.3 Å². The maximum atomic E-state index is 14.6. The maximum absolute atomic E-state index is 14.6. The number of alkyl halides is 3. The molecular formula is C24H22F4NO5-. The van der Waals surface area contributed by atoms with Gasteiger partial charge >= 0.3 is 6.36 Å². The summed E-state index contributed by atoms with van der Waals surface area (Å²) in [7, 11) is 1.26. The second-order valence-electron chi connectivity index (χ2n) is 7.90. The van der Waals surface area contributed by atoms with Crippen LogP contribution in [-0.4, -0.2) is 29.9 Å². The molecule has 1 heterocycles. The van der Waals surface area contributed by atoms with Crippen LogP contribution in [0.2, 0.25) is 0 Å². The zero-order chi connectivity index (χ0) is 25.4. The van der Waals surface area contributed by atoms with Crippen molar-refractivity contribution in [2.24, 2.45) is 5.92 Å². The Bertz CT molecular complexity index is 1230. The van der Waals surface area contributed by atoms with Crippen molar-refractivity contribution in [3.05, 3.63) is 59.0 Å². The molecule has 0 aliphatic carbocycles. The topological polar surface area (TPSA) is 80.6 Å². The number of methoxy groups -OCH3 is 1. The van der Waals surface area contributed by atoms with Crippen molar-refractivity contribution in [1.82, 2.24) is 4.57 Å². The van der Waals surface area contributed by atoms with Crippen molar-refractivity contribution >= 4 is 22.8 Å². The van der Waals surface area contributed by atoms with Gasteiger partial charge in [0.2, 0.25) is 0 Å². The number of rotatable bonds is 7. The zero-order valence-corrected chi connectivity index (χ0v) is 18.8. The van der Waals surface area contributed by atoms with Crippen molar-refractivity contribution in [2.75, 3.05) is 7.11 Å². The van der Waals surface area contributed by atoms with Gasteiger partial charge in [0, 0.05) is 34.6 Å². The largest absolute Gasteiger partial charge is 0.573 e. The molecule has 0 radical (unpaired) electrons. The van der Waals surface area contributed by atoms with E-state index in [1.54, 1.807) is 6.92 Å². The first-order chi connectivity index (χ1) is 15.9. The fraction of sp³-hybridized carbons (Fsp3) is 0.333. The van der Waals surface area contributed by atoms with Gasteiger partial charge in [-0.2, -0.15) is 0 Å². The Labute approximate surface area is 192 Å². The number of carbonyl (C=O) groups is 2. The Balaban J connectivity index is 2.23. The van der Waals surface area contributed by atoms with Gasteiger partial charge < -0.3 is 19.4 Å². The van der Waals surface area contributed by atoms with Crippen molar-refractivity contribution < 1.29 is 41.7 Å². The molecule has 0 amide bonds. The third kappa shape index (κ3) is 4.71. The highest BCUT2D eigenvalue weighted by Crippen LogP contribution is 2.39. The van der Waals surface area contributed by atoms with Crippen LogP contribution in [0.4, 0.5) is 17.6 Å². The van der Waals surface area contributed by atoms with Crippen molar-refractivity contribution in [2.45, 2.75) is 39.5 Å². The first kappa shape index (κ1) is 25.1. The summed E-state index contributed by atoms with van der Waals surface area (Å²) in [5.41, 5.74) is 0.623. The minimum absolute atomic E-state index is 0.00848. The molecule has 3 aromatic rings. The van der Waals surface area contributed by atoms with E-state index in [-0.39, 0.29) is 34.0 Å². The molecule has 1 unspecified atom stereocenters.